The van der Waals surface area contributed by atoms with Crippen LogP contribution >= 0.6 is 0 Å². The van der Waals surface area contributed by atoms with Crippen LogP contribution in [0, 0.1) is 0 Å². The van der Waals surface area contributed by atoms with E-state index in [-0.39, 0.29) is 23.4 Å². The highest BCUT2D eigenvalue weighted by atomic mass is 32.2. The summed E-state index contributed by atoms with van der Waals surface area (Å²) in [6.45, 7) is 0.385. The number of amides is 1. The molecule has 0 bridgehead atoms. The maximum Gasteiger partial charge on any atom is 0.490 e. The standard InChI is InChI=1S/C31H33N3O5S.C2HF3O2/c1-33(2)28(21-13-15-22(38-3)16-14-21)19-32-31(35)26-20-34(27-12-8-7-9-23(26)27)40(36,37)30-18-17-29(39-4)24-10-5-6-11-25(24)30;3-2(4,5)1(6)7/h5-18,26,28H,19-20H2,1-4H3,(H,32,35);(H,6,7). The van der Waals surface area contributed by atoms with Gasteiger partial charge in [-0.3, -0.25) is 9.10 Å². The molecule has 47 heavy (non-hydrogen) atoms. The van der Waals surface area contributed by atoms with Crippen molar-refractivity contribution in [1.82, 2.24) is 10.2 Å². The molecule has 0 saturated carbocycles. The third kappa shape index (κ3) is 7.60. The van der Waals surface area contributed by atoms with Crippen LogP contribution < -0.4 is 19.1 Å². The van der Waals surface area contributed by atoms with E-state index in [0.717, 1.165) is 11.3 Å². The van der Waals surface area contributed by atoms with Gasteiger partial charge in [0, 0.05) is 17.3 Å². The van der Waals surface area contributed by atoms with E-state index >= 15 is 0 Å². The topological polar surface area (TPSA) is 125 Å². The number of nitrogens with zero attached hydrogens (tertiary/aromatic N) is 2. The number of aliphatic carboxylic acids is 1. The van der Waals surface area contributed by atoms with E-state index in [9.17, 15) is 26.4 Å². The first-order chi connectivity index (χ1) is 22.2. The summed E-state index contributed by atoms with van der Waals surface area (Å²) in [4.78, 5) is 24.7. The number of methoxy groups -OCH3 is 2. The molecule has 0 radical (unpaired) electrons. The smallest absolute Gasteiger partial charge is 0.490 e. The number of benzene rings is 4. The number of halogens is 3. The van der Waals surface area contributed by atoms with Gasteiger partial charge in [0.1, 0.15) is 11.5 Å². The summed E-state index contributed by atoms with van der Waals surface area (Å²) in [5.41, 5.74) is 2.24. The Morgan fingerprint density at radius 2 is 1.53 bits per heavy atom. The van der Waals surface area contributed by atoms with E-state index in [4.69, 9.17) is 19.4 Å². The number of para-hydroxylation sites is 1. The molecule has 14 heteroatoms. The minimum Gasteiger partial charge on any atom is -0.497 e. The summed E-state index contributed by atoms with van der Waals surface area (Å²) in [7, 11) is 3.11. The van der Waals surface area contributed by atoms with Crippen molar-refractivity contribution in [3.8, 4) is 11.5 Å². The number of carbonyl (C=O) groups is 2. The summed E-state index contributed by atoms with van der Waals surface area (Å²) in [5, 5.41) is 11.5. The molecule has 1 aliphatic rings. The zero-order valence-electron chi connectivity index (χ0n) is 26.0. The molecule has 1 aliphatic heterocycles. The van der Waals surface area contributed by atoms with Gasteiger partial charge < -0.3 is 24.8 Å². The Morgan fingerprint density at radius 1 is 0.936 bits per heavy atom. The molecule has 1 heterocycles. The molecule has 1 amide bonds. The normalized spacial score (nSPS) is 15.0. The van der Waals surface area contributed by atoms with E-state index in [0.29, 0.717) is 34.3 Å². The van der Waals surface area contributed by atoms with Crippen molar-refractivity contribution in [3.05, 3.63) is 96.1 Å². The Morgan fingerprint density at radius 3 is 2.11 bits per heavy atom. The number of alkyl halides is 3. The lowest BCUT2D eigenvalue weighted by Gasteiger charge is -2.26. The lowest BCUT2D eigenvalue weighted by Crippen LogP contribution is -2.39. The second-order valence-electron chi connectivity index (χ2n) is 10.8. The van der Waals surface area contributed by atoms with E-state index in [1.54, 1.807) is 50.6 Å². The van der Waals surface area contributed by atoms with Gasteiger partial charge >= 0.3 is 12.1 Å². The summed E-state index contributed by atoms with van der Waals surface area (Å²) < 4.78 is 72.0. The summed E-state index contributed by atoms with van der Waals surface area (Å²) in [5.74, 6) is -2.26. The molecule has 4 aromatic rings. The van der Waals surface area contributed by atoms with Gasteiger partial charge in [-0.05, 0) is 55.6 Å². The molecule has 250 valence electrons. The van der Waals surface area contributed by atoms with Crippen LogP contribution in [0.15, 0.2) is 89.8 Å². The van der Waals surface area contributed by atoms with E-state index in [1.165, 1.54) is 4.31 Å². The average molecular weight is 674 g/mol. The molecule has 10 nitrogen and oxygen atoms in total. The molecule has 0 aromatic heterocycles. The van der Waals surface area contributed by atoms with Crippen LogP contribution in [0.5, 0.6) is 11.5 Å². The molecule has 0 saturated heterocycles. The van der Waals surface area contributed by atoms with Crippen LogP contribution in [0.3, 0.4) is 0 Å². The van der Waals surface area contributed by atoms with Gasteiger partial charge in [0.05, 0.1) is 43.3 Å². The average Bonchev–Trinajstić information content (AvgIpc) is 3.45. The number of sulfonamides is 1. The number of carboxylic acids is 1. The predicted molar refractivity (Wildman–Crippen MR) is 170 cm³/mol. The largest absolute Gasteiger partial charge is 0.497 e. The summed E-state index contributed by atoms with van der Waals surface area (Å²) in [6, 6.07) is 25.4. The first-order valence-corrected chi connectivity index (χ1v) is 15.7. The van der Waals surface area contributed by atoms with Crippen LogP contribution in [-0.4, -0.2) is 77.9 Å². The van der Waals surface area contributed by atoms with Gasteiger partial charge in [-0.15, -0.1) is 0 Å². The molecular weight excluding hydrogens is 639 g/mol. The van der Waals surface area contributed by atoms with Crippen molar-refractivity contribution >= 4 is 38.4 Å². The Bertz CT molecular complexity index is 1850. The molecule has 0 aliphatic carbocycles. The van der Waals surface area contributed by atoms with Crippen molar-refractivity contribution in [2.45, 2.75) is 23.0 Å². The van der Waals surface area contributed by atoms with Gasteiger partial charge in [0.15, 0.2) is 0 Å². The lowest BCUT2D eigenvalue weighted by atomic mass is 10.00. The van der Waals surface area contributed by atoms with Crippen LogP contribution in [-0.2, 0) is 19.6 Å². The number of fused-ring (bicyclic) bond motifs is 2. The quantitative estimate of drug-likeness (QED) is 0.249. The SMILES string of the molecule is COc1ccc(C(CNC(=O)C2CN(S(=O)(=O)c3ccc(OC)c4ccccc34)c3ccccc32)N(C)C)cc1.O=C(O)C(F)(F)F. The Kier molecular flexibility index (Phi) is 10.7. The third-order valence-electron chi connectivity index (χ3n) is 7.71. The number of carboxylic acid groups (broad SMARTS) is 1. The molecule has 2 N–H and O–H groups in total. The highest BCUT2D eigenvalue weighted by Gasteiger charge is 2.40. The van der Waals surface area contributed by atoms with E-state index < -0.39 is 28.1 Å². The Labute approximate surface area is 270 Å². The molecule has 2 atom stereocenters. The van der Waals surface area contributed by atoms with Crippen molar-refractivity contribution in [2.24, 2.45) is 0 Å². The Balaban J connectivity index is 0.000000644. The molecule has 2 unspecified atom stereocenters. The van der Waals surface area contributed by atoms with Crippen molar-refractivity contribution in [1.29, 1.82) is 0 Å². The fraction of sp³-hybridized carbons (Fsp3) is 0.273. The van der Waals surface area contributed by atoms with Crippen LogP contribution in [0.2, 0.25) is 0 Å². The monoisotopic (exact) mass is 673 g/mol. The number of hydrogen-bond donors (Lipinski definition) is 2. The molecular formula is C33H34F3N3O7S. The summed E-state index contributed by atoms with van der Waals surface area (Å²) >= 11 is 0. The Hall–Kier alpha value is -4.82. The van der Waals surface area contributed by atoms with E-state index in [2.05, 4.69) is 5.32 Å². The van der Waals surface area contributed by atoms with Crippen molar-refractivity contribution < 1.29 is 45.8 Å². The van der Waals surface area contributed by atoms with Gasteiger partial charge in [0.2, 0.25) is 5.91 Å². The maximum absolute atomic E-state index is 14.1. The minimum absolute atomic E-state index is 0.0169. The van der Waals surface area contributed by atoms with Gasteiger partial charge in [-0.1, -0.05) is 54.6 Å². The number of hydrogen-bond acceptors (Lipinski definition) is 7. The number of likely N-dealkylation sites (N-methyl/N-ethyl adjacent to an activating group) is 1. The number of rotatable bonds is 9. The number of anilines is 1. The number of ether oxygens (including phenoxy) is 2. The summed E-state index contributed by atoms with van der Waals surface area (Å²) in [6.07, 6.45) is -5.08. The van der Waals surface area contributed by atoms with Crippen LogP contribution in [0.1, 0.15) is 23.1 Å². The fourth-order valence-electron chi connectivity index (χ4n) is 5.33. The maximum atomic E-state index is 14.1. The van der Waals surface area contributed by atoms with Crippen molar-refractivity contribution in [2.75, 3.05) is 45.7 Å². The molecule has 5 rings (SSSR count). The minimum atomic E-state index is -5.08. The molecule has 0 fully saturated rings. The van der Waals surface area contributed by atoms with Crippen molar-refractivity contribution in [3.63, 3.8) is 0 Å². The second kappa shape index (κ2) is 14.3. The van der Waals surface area contributed by atoms with E-state index in [1.807, 2.05) is 67.5 Å². The molecule has 0 spiro atoms. The van der Waals surface area contributed by atoms with Gasteiger partial charge in [-0.2, -0.15) is 13.2 Å². The first kappa shape index (κ1) is 35.0. The van der Waals surface area contributed by atoms with Gasteiger partial charge in [-0.25, -0.2) is 13.2 Å². The highest BCUT2D eigenvalue weighted by molar-refractivity contribution is 7.93. The lowest BCUT2D eigenvalue weighted by molar-refractivity contribution is -0.192. The predicted octanol–water partition coefficient (Wildman–Crippen LogP) is 5.20. The van der Waals surface area contributed by atoms with Crippen LogP contribution in [0.4, 0.5) is 18.9 Å². The second-order valence-corrected chi connectivity index (χ2v) is 12.6. The molecule has 4 aromatic carbocycles. The fourth-order valence-corrected chi connectivity index (χ4v) is 7.04. The number of carbonyl (C=O) groups excluding carboxylic acids is 1. The zero-order valence-corrected chi connectivity index (χ0v) is 26.8. The number of nitrogens with one attached hydrogen (secondary N) is 1. The first-order valence-electron chi connectivity index (χ1n) is 14.3. The van der Waals surface area contributed by atoms with Crippen LogP contribution in [0.25, 0.3) is 10.8 Å². The zero-order chi connectivity index (χ0) is 34.5. The third-order valence-corrected chi connectivity index (χ3v) is 9.55. The van der Waals surface area contributed by atoms with Gasteiger partial charge in [0.25, 0.3) is 10.0 Å². The highest BCUT2D eigenvalue weighted by Crippen LogP contribution is 2.41.